The molecule has 1 unspecified atom stereocenters. The van der Waals surface area contributed by atoms with E-state index in [4.69, 9.17) is 18.7 Å². The van der Waals surface area contributed by atoms with Crippen molar-refractivity contribution in [1.82, 2.24) is 10.1 Å². The van der Waals surface area contributed by atoms with E-state index >= 15 is 0 Å². The number of morpholine rings is 1. The van der Waals surface area contributed by atoms with Crippen molar-refractivity contribution in [2.24, 2.45) is 0 Å². The average Bonchev–Trinajstić information content (AvgIpc) is 3.44. The number of methoxy groups -OCH3 is 1. The fourth-order valence-corrected chi connectivity index (χ4v) is 4.02. The summed E-state index contributed by atoms with van der Waals surface area (Å²) in [6, 6.07) is 6.45. The zero-order chi connectivity index (χ0) is 21.6. The normalized spacial score (nSPS) is 19.0. The summed E-state index contributed by atoms with van der Waals surface area (Å²) in [5, 5.41) is 4.21. The molecule has 2 saturated heterocycles. The van der Waals surface area contributed by atoms with Crippen LogP contribution in [0.4, 0.5) is 10.3 Å². The zero-order valence-electron chi connectivity index (χ0n) is 17.7. The molecule has 31 heavy (non-hydrogen) atoms. The number of hydrogen-bond acceptors (Lipinski definition) is 7. The van der Waals surface area contributed by atoms with Crippen molar-refractivity contribution < 1.29 is 27.9 Å². The molecule has 0 spiro atoms. The van der Waals surface area contributed by atoms with Crippen LogP contribution in [0.15, 0.2) is 28.8 Å². The Bertz CT molecular complexity index is 878. The van der Waals surface area contributed by atoms with E-state index in [-0.39, 0.29) is 31.0 Å². The summed E-state index contributed by atoms with van der Waals surface area (Å²) in [4.78, 5) is 16.6. The van der Waals surface area contributed by atoms with E-state index in [0.29, 0.717) is 62.2 Å². The van der Waals surface area contributed by atoms with Gasteiger partial charge in [-0.2, -0.15) is 0 Å². The SMILES string of the molecule is COCC(=O)N(Cc1c(-c2ccccc2F)noc1N1CCOCC1)CC1CCCO1. The van der Waals surface area contributed by atoms with Gasteiger partial charge in [0.25, 0.3) is 0 Å². The third kappa shape index (κ3) is 5.06. The molecule has 1 atom stereocenters. The van der Waals surface area contributed by atoms with Crippen molar-refractivity contribution in [3.63, 3.8) is 0 Å². The lowest BCUT2D eigenvalue weighted by molar-refractivity contribution is -0.137. The third-order valence-corrected chi connectivity index (χ3v) is 5.61. The number of hydrogen-bond donors (Lipinski definition) is 0. The number of halogens is 1. The molecular weight excluding hydrogens is 405 g/mol. The average molecular weight is 433 g/mol. The number of benzene rings is 1. The Hall–Kier alpha value is -2.49. The van der Waals surface area contributed by atoms with Gasteiger partial charge in [0.05, 0.1) is 31.4 Å². The van der Waals surface area contributed by atoms with Crippen molar-refractivity contribution in [2.75, 3.05) is 58.1 Å². The number of aromatic nitrogens is 1. The predicted molar refractivity (Wildman–Crippen MR) is 111 cm³/mol. The highest BCUT2D eigenvalue weighted by Gasteiger charge is 2.30. The van der Waals surface area contributed by atoms with E-state index in [1.165, 1.54) is 13.2 Å². The molecule has 1 amide bonds. The summed E-state index contributed by atoms with van der Waals surface area (Å²) in [6.07, 6.45) is 1.85. The van der Waals surface area contributed by atoms with Gasteiger partial charge in [-0.25, -0.2) is 4.39 Å². The van der Waals surface area contributed by atoms with Crippen LogP contribution in [0.3, 0.4) is 0 Å². The lowest BCUT2D eigenvalue weighted by Crippen LogP contribution is -2.40. The third-order valence-electron chi connectivity index (χ3n) is 5.61. The van der Waals surface area contributed by atoms with Crippen molar-refractivity contribution in [1.29, 1.82) is 0 Å². The summed E-state index contributed by atoms with van der Waals surface area (Å²) in [5.74, 6) is -0.00445. The first-order valence-electron chi connectivity index (χ1n) is 10.6. The lowest BCUT2D eigenvalue weighted by Gasteiger charge is -2.29. The van der Waals surface area contributed by atoms with Crippen LogP contribution in [0.1, 0.15) is 18.4 Å². The van der Waals surface area contributed by atoms with Gasteiger partial charge >= 0.3 is 0 Å². The molecule has 2 aliphatic rings. The molecule has 168 valence electrons. The van der Waals surface area contributed by atoms with Crippen LogP contribution < -0.4 is 4.90 Å². The highest BCUT2D eigenvalue weighted by molar-refractivity contribution is 5.78. The highest BCUT2D eigenvalue weighted by Crippen LogP contribution is 2.34. The number of carbonyl (C=O) groups excluding carboxylic acids is 1. The van der Waals surface area contributed by atoms with Gasteiger partial charge in [0.1, 0.15) is 18.1 Å². The summed E-state index contributed by atoms with van der Waals surface area (Å²) in [6.45, 7) is 3.72. The summed E-state index contributed by atoms with van der Waals surface area (Å²) < 4.78 is 36.6. The van der Waals surface area contributed by atoms with E-state index in [0.717, 1.165) is 12.8 Å². The monoisotopic (exact) mass is 433 g/mol. The molecule has 0 bridgehead atoms. The van der Waals surface area contributed by atoms with Crippen LogP contribution >= 0.6 is 0 Å². The first-order valence-corrected chi connectivity index (χ1v) is 10.6. The number of nitrogens with zero attached hydrogens (tertiary/aromatic N) is 3. The Labute approximate surface area is 180 Å². The van der Waals surface area contributed by atoms with Crippen molar-refractivity contribution in [3.05, 3.63) is 35.6 Å². The fourth-order valence-electron chi connectivity index (χ4n) is 4.02. The van der Waals surface area contributed by atoms with Gasteiger partial charge in [0.15, 0.2) is 0 Å². The standard InChI is InChI=1S/C22H28FN3O5/c1-28-15-20(27)26(13-16-5-4-10-30-16)14-18-21(17-6-2-3-7-19(17)23)24-31-22(18)25-8-11-29-12-9-25/h2-3,6-7,16H,4-5,8-15H2,1H3. The molecule has 1 aromatic heterocycles. The van der Waals surface area contributed by atoms with Gasteiger partial charge in [-0.05, 0) is 25.0 Å². The van der Waals surface area contributed by atoms with E-state index in [9.17, 15) is 9.18 Å². The van der Waals surface area contributed by atoms with E-state index in [2.05, 4.69) is 5.16 Å². The van der Waals surface area contributed by atoms with Crippen LogP contribution in [0.25, 0.3) is 11.3 Å². The first kappa shape index (κ1) is 21.7. The van der Waals surface area contributed by atoms with Crippen LogP contribution in [0.5, 0.6) is 0 Å². The number of anilines is 1. The smallest absolute Gasteiger partial charge is 0.248 e. The van der Waals surface area contributed by atoms with Gasteiger partial charge in [0.2, 0.25) is 11.8 Å². The Balaban J connectivity index is 1.69. The molecule has 2 aliphatic heterocycles. The van der Waals surface area contributed by atoms with Crippen LogP contribution in [0.2, 0.25) is 0 Å². The Morgan fingerprint density at radius 1 is 1.29 bits per heavy atom. The van der Waals surface area contributed by atoms with Crippen molar-refractivity contribution in [2.45, 2.75) is 25.5 Å². The van der Waals surface area contributed by atoms with Gasteiger partial charge in [-0.15, -0.1) is 0 Å². The molecule has 8 nitrogen and oxygen atoms in total. The number of rotatable bonds is 8. The van der Waals surface area contributed by atoms with Gasteiger partial charge in [-0.1, -0.05) is 17.3 Å². The lowest BCUT2D eigenvalue weighted by atomic mass is 10.1. The minimum Gasteiger partial charge on any atom is -0.378 e. The molecule has 0 N–H and O–H groups in total. The van der Waals surface area contributed by atoms with E-state index in [1.807, 2.05) is 4.90 Å². The minimum atomic E-state index is -0.389. The molecule has 2 aromatic rings. The topological polar surface area (TPSA) is 77.3 Å². The molecule has 0 saturated carbocycles. The Morgan fingerprint density at radius 3 is 2.81 bits per heavy atom. The van der Waals surface area contributed by atoms with Crippen LogP contribution in [-0.4, -0.2) is 75.2 Å². The molecule has 4 rings (SSSR count). The second-order valence-corrected chi connectivity index (χ2v) is 7.74. The largest absolute Gasteiger partial charge is 0.378 e. The molecule has 0 aliphatic carbocycles. The summed E-state index contributed by atoms with van der Waals surface area (Å²) in [5.41, 5.74) is 1.42. The zero-order valence-corrected chi connectivity index (χ0v) is 17.7. The van der Waals surface area contributed by atoms with Gasteiger partial charge in [-0.3, -0.25) is 4.79 Å². The fraction of sp³-hybridized carbons (Fsp3) is 0.545. The van der Waals surface area contributed by atoms with Crippen molar-refractivity contribution in [3.8, 4) is 11.3 Å². The number of amides is 1. The molecule has 9 heteroatoms. The predicted octanol–water partition coefficient (Wildman–Crippen LogP) is 2.47. The maximum absolute atomic E-state index is 14.6. The number of ether oxygens (including phenoxy) is 3. The van der Waals surface area contributed by atoms with E-state index < -0.39 is 0 Å². The number of carbonyl (C=O) groups is 1. The van der Waals surface area contributed by atoms with Crippen molar-refractivity contribution >= 4 is 11.8 Å². The summed E-state index contributed by atoms with van der Waals surface area (Å²) in [7, 11) is 1.49. The van der Waals surface area contributed by atoms with Crippen LogP contribution in [-0.2, 0) is 25.5 Å². The molecular formula is C22H28FN3O5. The molecule has 3 heterocycles. The summed E-state index contributed by atoms with van der Waals surface area (Å²) >= 11 is 0. The second kappa shape index (κ2) is 10.2. The minimum absolute atomic E-state index is 0.0237. The Morgan fingerprint density at radius 2 is 2.10 bits per heavy atom. The molecule has 0 radical (unpaired) electrons. The second-order valence-electron chi connectivity index (χ2n) is 7.74. The maximum atomic E-state index is 14.6. The Kier molecular flexibility index (Phi) is 7.16. The molecule has 2 fully saturated rings. The van der Waals surface area contributed by atoms with E-state index in [1.54, 1.807) is 23.1 Å². The highest BCUT2D eigenvalue weighted by atomic mass is 19.1. The maximum Gasteiger partial charge on any atom is 0.248 e. The molecule has 1 aromatic carbocycles. The van der Waals surface area contributed by atoms with Crippen LogP contribution in [0, 0.1) is 5.82 Å². The van der Waals surface area contributed by atoms with Gasteiger partial charge in [0, 0.05) is 38.9 Å². The first-order chi connectivity index (χ1) is 15.2. The quantitative estimate of drug-likeness (QED) is 0.633. The van der Waals surface area contributed by atoms with Gasteiger partial charge < -0.3 is 28.5 Å².